The van der Waals surface area contributed by atoms with Gasteiger partial charge in [0, 0.05) is 0 Å². The summed E-state index contributed by atoms with van der Waals surface area (Å²) in [6, 6.07) is 26.1. The summed E-state index contributed by atoms with van der Waals surface area (Å²) < 4.78 is 0. The van der Waals surface area contributed by atoms with Crippen LogP contribution < -0.4 is 0 Å². The fourth-order valence-electron chi connectivity index (χ4n) is 2.70. The molecule has 0 fully saturated rings. The Kier molecular flexibility index (Phi) is 3.39. The molecule has 0 nitrogen and oxygen atoms in total. The molecular formula is C20H18. The number of benzene rings is 3. The topological polar surface area (TPSA) is 0 Å². The SMILES string of the molecule is CC.c1ccc(-c2ccc3c(c2)-c2cccc-3c2)cc1. The average Bonchev–Trinajstić information content (AvgIpc) is 2.80. The average molecular weight is 258 g/mol. The van der Waals surface area contributed by atoms with Gasteiger partial charge in [0.05, 0.1) is 0 Å². The van der Waals surface area contributed by atoms with Gasteiger partial charge in [-0.3, -0.25) is 0 Å². The van der Waals surface area contributed by atoms with Gasteiger partial charge in [0.25, 0.3) is 0 Å². The third kappa shape index (κ3) is 2.04. The van der Waals surface area contributed by atoms with E-state index in [0.29, 0.717) is 0 Å². The summed E-state index contributed by atoms with van der Waals surface area (Å²) in [4.78, 5) is 0. The highest BCUT2D eigenvalue weighted by atomic mass is 14.2. The van der Waals surface area contributed by atoms with E-state index in [1.54, 1.807) is 0 Å². The molecule has 0 radical (unpaired) electrons. The molecule has 3 aromatic carbocycles. The van der Waals surface area contributed by atoms with E-state index in [1.807, 2.05) is 13.8 Å². The molecule has 0 saturated heterocycles. The van der Waals surface area contributed by atoms with Gasteiger partial charge in [0.2, 0.25) is 0 Å². The lowest BCUT2D eigenvalue weighted by atomic mass is 9.98. The zero-order valence-corrected chi connectivity index (χ0v) is 11.9. The molecule has 0 N–H and O–H groups in total. The molecule has 0 aliphatic heterocycles. The van der Waals surface area contributed by atoms with Crippen molar-refractivity contribution in [3.63, 3.8) is 0 Å². The second-order valence-electron chi connectivity index (χ2n) is 4.71. The highest BCUT2D eigenvalue weighted by Crippen LogP contribution is 2.41. The maximum atomic E-state index is 2.30. The molecule has 2 bridgehead atoms. The summed E-state index contributed by atoms with van der Waals surface area (Å²) in [7, 11) is 0. The lowest BCUT2D eigenvalue weighted by Crippen LogP contribution is -1.80. The van der Waals surface area contributed by atoms with Crippen LogP contribution in [-0.4, -0.2) is 0 Å². The molecule has 0 spiro atoms. The normalized spacial score (nSPS) is 10.5. The summed E-state index contributed by atoms with van der Waals surface area (Å²) in [6.45, 7) is 4.00. The van der Waals surface area contributed by atoms with Crippen LogP contribution in [0.1, 0.15) is 13.8 Å². The maximum absolute atomic E-state index is 2.30. The molecule has 4 rings (SSSR count). The number of fused-ring (bicyclic) bond motifs is 5. The molecule has 1 aliphatic rings. The first kappa shape index (κ1) is 12.7. The molecule has 20 heavy (non-hydrogen) atoms. The van der Waals surface area contributed by atoms with Crippen LogP contribution in [0.2, 0.25) is 0 Å². The standard InChI is InChI=1S/C18H12.C2H6/c1-2-5-13(6-3-1)14-9-10-17-15-7-4-8-16(11-15)18(17)12-14;1-2/h1-12H;1-2H3. The zero-order valence-electron chi connectivity index (χ0n) is 11.9. The van der Waals surface area contributed by atoms with Crippen LogP contribution in [0.3, 0.4) is 0 Å². The third-order valence-electron chi connectivity index (χ3n) is 3.61. The summed E-state index contributed by atoms with van der Waals surface area (Å²) >= 11 is 0. The van der Waals surface area contributed by atoms with Crippen molar-refractivity contribution in [2.45, 2.75) is 13.8 Å². The lowest BCUT2D eigenvalue weighted by Gasteiger charge is -2.06. The van der Waals surface area contributed by atoms with E-state index in [1.165, 1.54) is 33.4 Å². The van der Waals surface area contributed by atoms with Gasteiger partial charge >= 0.3 is 0 Å². The molecule has 1 aliphatic carbocycles. The first-order chi connectivity index (χ1) is 9.92. The summed E-state index contributed by atoms with van der Waals surface area (Å²) in [6.07, 6.45) is 0. The Morgan fingerprint density at radius 3 is 1.85 bits per heavy atom. The molecule has 0 atom stereocenters. The van der Waals surface area contributed by atoms with Crippen LogP contribution in [-0.2, 0) is 0 Å². The minimum Gasteiger partial charge on any atom is -0.0683 e. The van der Waals surface area contributed by atoms with Gasteiger partial charge < -0.3 is 0 Å². The minimum absolute atomic E-state index is 1.28. The van der Waals surface area contributed by atoms with Gasteiger partial charge in [-0.2, -0.15) is 0 Å². The van der Waals surface area contributed by atoms with Crippen LogP contribution in [0.25, 0.3) is 33.4 Å². The van der Waals surface area contributed by atoms with Gasteiger partial charge in [-0.15, -0.1) is 0 Å². The summed E-state index contributed by atoms with van der Waals surface area (Å²) in [5.74, 6) is 0. The van der Waals surface area contributed by atoms with Crippen molar-refractivity contribution in [2.75, 3.05) is 0 Å². The van der Waals surface area contributed by atoms with Gasteiger partial charge in [0.1, 0.15) is 0 Å². The highest BCUT2D eigenvalue weighted by Gasteiger charge is 2.15. The van der Waals surface area contributed by atoms with E-state index in [2.05, 4.69) is 72.8 Å². The van der Waals surface area contributed by atoms with Crippen molar-refractivity contribution in [2.24, 2.45) is 0 Å². The van der Waals surface area contributed by atoms with E-state index in [0.717, 1.165) is 0 Å². The van der Waals surface area contributed by atoms with Gasteiger partial charge in [-0.25, -0.2) is 0 Å². The van der Waals surface area contributed by atoms with Crippen molar-refractivity contribution < 1.29 is 0 Å². The van der Waals surface area contributed by atoms with Crippen LogP contribution >= 0.6 is 0 Å². The third-order valence-corrected chi connectivity index (χ3v) is 3.61. The largest absolute Gasteiger partial charge is 0.0683 e. The van der Waals surface area contributed by atoms with E-state index in [9.17, 15) is 0 Å². The Bertz CT molecular complexity index is 724. The fourth-order valence-corrected chi connectivity index (χ4v) is 2.70. The van der Waals surface area contributed by atoms with Crippen molar-refractivity contribution in [1.29, 1.82) is 0 Å². The summed E-state index contributed by atoms with van der Waals surface area (Å²) in [5, 5.41) is 0. The molecular weight excluding hydrogens is 240 g/mol. The van der Waals surface area contributed by atoms with Crippen molar-refractivity contribution in [3.05, 3.63) is 72.8 Å². The van der Waals surface area contributed by atoms with Crippen LogP contribution in [0, 0.1) is 0 Å². The van der Waals surface area contributed by atoms with Gasteiger partial charge in [-0.05, 0) is 45.5 Å². The molecule has 0 unspecified atom stereocenters. The molecule has 0 saturated carbocycles. The molecule has 0 aromatic heterocycles. The van der Waals surface area contributed by atoms with Crippen LogP contribution in [0.4, 0.5) is 0 Å². The monoisotopic (exact) mass is 258 g/mol. The second kappa shape index (κ2) is 5.34. The predicted molar refractivity (Wildman–Crippen MR) is 87.7 cm³/mol. The Hall–Kier alpha value is -2.34. The van der Waals surface area contributed by atoms with E-state index in [-0.39, 0.29) is 0 Å². The Balaban J connectivity index is 0.000000581. The quantitative estimate of drug-likeness (QED) is 0.391. The Labute approximate surface area is 120 Å². The smallest absolute Gasteiger partial charge is 0.00990 e. The Morgan fingerprint density at radius 1 is 0.450 bits per heavy atom. The fraction of sp³-hybridized carbons (Fsp3) is 0.100. The lowest BCUT2D eigenvalue weighted by molar-refractivity contribution is 1.50. The minimum atomic E-state index is 1.28. The molecule has 0 amide bonds. The molecule has 98 valence electrons. The van der Waals surface area contributed by atoms with Gasteiger partial charge in [-0.1, -0.05) is 74.5 Å². The van der Waals surface area contributed by atoms with E-state index >= 15 is 0 Å². The first-order valence-electron chi connectivity index (χ1n) is 7.22. The maximum Gasteiger partial charge on any atom is -0.00990 e. The summed E-state index contributed by atoms with van der Waals surface area (Å²) in [5.41, 5.74) is 7.95. The second-order valence-corrected chi connectivity index (χ2v) is 4.71. The number of hydrogen-bond acceptors (Lipinski definition) is 0. The Morgan fingerprint density at radius 2 is 1.10 bits per heavy atom. The highest BCUT2D eigenvalue weighted by molar-refractivity contribution is 5.93. The number of rotatable bonds is 1. The van der Waals surface area contributed by atoms with E-state index < -0.39 is 0 Å². The molecule has 3 aromatic rings. The van der Waals surface area contributed by atoms with E-state index in [4.69, 9.17) is 0 Å². The predicted octanol–water partition coefficient (Wildman–Crippen LogP) is 6.03. The molecule has 0 heterocycles. The van der Waals surface area contributed by atoms with Crippen LogP contribution in [0.15, 0.2) is 72.8 Å². The first-order valence-corrected chi connectivity index (χ1v) is 7.22. The number of hydrogen-bond donors (Lipinski definition) is 0. The van der Waals surface area contributed by atoms with Crippen molar-refractivity contribution in [1.82, 2.24) is 0 Å². The van der Waals surface area contributed by atoms with Crippen LogP contribution in [0.5, 0.6) is 0 Å². The van der Waals surface area contributed by atoms with Crippen molar-refractivity contribution >= 4 is 0 Å². The van der Waals surface area contributed by atoms with Gasteiger partial charge in [0.15, 0.2) is 0 Å². The molecule has 0 heteroatoms. The van der Waals surface area contributed by atoms with Crippen molar-refractivity contribution in [3.8, 4) is 33.4 Å². The zero-order chi connectivity index (χ0) is 13.9.